The maximum absolute atomic E-state index is 13.4. The van der Waals surface area contributed by atoms with Crippen LogP contribution in [0.5, 0.6) is 5.75 Å². The SMILES string of the molecule is Cc1ccc(OCC(=O)Cc2ccccc2F)c(Br)c1. The number of hydrogen-bond donors (Lipinski definition) is 0. The van der Waals surface area contributed by atoms with E-state index in [1.165, 1.54) is 6.07 Å². The lowest BCUT2D eigenvalue weighted by Gasteiger charge is -2.08. The summed E-state index contributed by atoms with van der Waals surface area (Å²) >= 11 is 3.38. The summed E-state index contributed by atoms with van der Waals surface area (Å²) in [6.45, 7) is 1.90. The fraction of sp³-hybridized carbons (Fsp3) is 0.188. The Balaban J connectivity index is 1.94. The molecule has 0 bridgehead atoms. The van der Waals surface area contributed by atoms with Crippen LogP contribution in [0.2, 0.25) is 0 Å². The zero-order chi connectivity index (χ0) is 14.5. The van der Waals surface area contributed by atoms with E-state index in [0.717, 1.165) is 10.0 Å². The highest BCUT2D eigenvalue weighted by Crippen LogP contribution is 2.25. The molecule has 0 aliphatic rings. The number of hydrogen-bond acceptors (Lipinski definition) is 2. The van der Waals surface area contributed by atoms with E-state index in [9.17, 15) is 9.18 Å². The number of Topliss-reactive ketones (excluding diaryl/α,β-unsaturated/α-hetero) is 1. The highest BCUT2D eigenvalue weighted by Gasteiger charge is 2.09. The lowest BCUT2D eigenvalue weighted by atomic mass is 10.1. The number of benzene rings is 2. The van der Waals surface area contributed by atoms with Gasteiger partial charge < -0.3 is 4.74 Å². The van der Waals surface area contributed by atoms with Gasteiger partial charge in [-0.05, 0) is 52.2 Å². The minimum atomic E-state index is -0.364. The van der Waals surface area contributed by atoms with Crippen molar-refractivity contribution in [2.75, 3.05) is 6.61 Å². The maximum Gasteiger partial charge on any atom is 0.174 e. The molecule has 0 aliphatic carbocycles. The van der Waals surface area contributed by atoms with Crippen molar-refractivity contribution in [1.29, 1.82) is 0 Å². The minimum absolute atomic E-state index is 0.0379. The number of halogens is 2. The molecule has 0 spiro atoms. The van der Waals surface area contributed by atoms with E-state index in [4.69, 9.17) is 4.74 Å². The summed E-state index contributed by atoms with van der Waals surface area (Å²) in [4.78, 5) is 11.8. The predicted molar refractivity (Wildman–Crippen MR) is 79.5 cm³/mol. The van der Waals surface area contributed by atoms with Gasteiger partial charge in [-0.2, -0.15) is 0 Å². The summed E-state index contributed by atoms with van der Waals surface area (Å²) < 4.78 is 19.7. The van der Waals surface area contributed by atoms with Crippen molar-refractivity contribution in [3.8, 4) is 5.75 Å². The van der Waals surface area contributed by atoms with Crippen LogP contribution in [0.15, 0.2) is 46.9 Å². The van der Waals surface area contributed by atoms with Gasteiger partial charge in [0, 0.05) is 6.42 Å². The highest BCUT2D eigenvalue weighted by atomic mass is 79.9. The lowest BCUT2D eigenvalue weighted by Crippen LogP contribution is -2.14. The van der Waals surface area contributed by atoms with Gasteiger partial charge in [-0.3, -0.25) is 4.79 Å². The quantitative estimate of drug-likeness (QED) is 0.822. The van der Waals surface area contributed by atoms with Crippen molar-refractivity contribution in [2.45, 2.75) is 13.3 Å². The first-order valence-electron chi connectivity index (χ1n) is 6.20. The topological polar surface area (TPSA) is 26.3 Å². The van der Waals surface area contributed by atoms with Crippen LogP contribution in [0.25, 0.3) is 0 Å². The van der Waals surface area contributed by atoms with Crippen molar-refractivity contribution in [3.05, 3.63) is 63.9 Å². The molecule has 0 saturated heterocycles. The van der Waals surface area contributed by atoms with Gasteiger partial charge in [0.1, 0.15) is 18.2 Å². The Kier molecular flexibility index (Phi) is 4.90. The van der Waals surface area contributed by atoms with E-state index in [0.29, 0.717) is 11.3 Å². The summed E-state index contributed by atoms with van der Waals surface area (Å²) in [5.41, 5.74) is 1.49. The standard InChI is InChI=1S/C16H14BrFO2/c1-11-6-7-16(14(17)8-11)20-10-13(19)9-12-4-2-3-5-15(12)18/h2-8H,9-10H2,1H3. The van der Waals surface area contributed by atoms with Crippen molar-refractivity contribution >= 4 is 21.7 Å². The fourth-order valence-corrected chi connectivity index (χ4v) is 2.39. The van der Waals surface area contributed by atoms with Crippen molar-refractivity contribution in [1.82, 2.24) is 0 Å². The minimum Gasteiger partial charge on any atom is -0.485 e. The van der Waals surface area contributed by atoms with Crippen molar-refractivity contribution in [3.63, 3.8) is 0 Å². The van der Waals surface area contributed by atoms with E-state index in [-0.39, 0.29) is 24.6 Å². The van der Waals surface area contributed by atoms with Gasteiger partial charge in [0.15, 0.2) is 5.78 Å². The zero-order valence-electron chi connectivity index (χ0n) is 11.0. The van der Waals surface area contributed by atoms with Crippen LogP contribution < -0.4 is 4.74 Å². The molecule has 4 heteroatoms. The van der Waals surface area contributed by atoms with Gasteiger partial charge in [0.25, 0.3) is 0 Å². The molecule has 0 fully saturated rings. The third-order valence-corrected chi connectivity index (χ3v) is 3.44. The highest BCUT2D eigenvalue weighted by molar-refractivity contribution is 9.10. The van der Waals surface area contributed by atoms with Crippen LogP contribution in [0.3, 0.4) is 0 Å². The monoisotopic (exact) mass is 336 g/mol. The van der Waals surface area contributed by atoms with Crippen LogP contribution in [0.4, 0.5) is 4.39 Å². The molecular formula is C16H14BrFO2. The molecule has 2 aromatic carbocycles. The number of aryl methyl sites for hydroxylation is 1. The molecule has 0 N–H and O–H groups in total. The Morgan fingerprint density at radius 2 is 2.00 bits per heavy atom. The van der Waals surface area contributed by atoms with E-state index in [2.05, 4.69) is 15.9 Å². The van der Waals surface area contributed by atoms with Crippen LogP contribution in [-0.4, -0.2) is 12.4 Å². The first-order valence-corrected chi connectivity index (χ1v) is 6.99. The smallest absolute Gasteiger partial charge is 0.174 e. The lowest BCUT2D eigenvalue weighted by molar-refractivity contribution is -0.120. The first kappa shape index (κ1) is 14.7. The number of rotatable bonds is 5. The zero-order valence-corrected chi connectivity index (χ0v) is 12.6. The van der Waals surface area contributed by atoms with Gasteiger partial charge in [-0.25, -0.2) is 4.39 Å². The largest absolute Gasteiger partial charge is 0.485 e. The third-order valence-electron chi connectivity index (χ3n) is 2.82. The van der Waals surface area contributed by atoms with Gasteiger partial charge in [-0.15, -0.1) is 0 Å². The van der Waals surface area contributed by atoms with Crippen LogP contribution in [0, 0.1) is 12.7 Å². The second-order valence-corrected chi connectivity index (χ2v) is 5.38. The first-order chi connectivity index (χ1) is 9.56. The summed E-state index contributed by atoms with van der Waals surface area (Å²) in [5, 5.41) is 0. The molecule has 104 valence electrons. The molecule has 0 saturated carbocycles. The van der Waals surface area contributed by atoms with Crippen molar-refractivity contribution < 1.29 is 13.9 Å². The molecule has 0 unspecified atom stereocenters. The van der Waals surface area contributed by atoms with E-state index in [1.54, 1.807) is 24.3 Å². The third kappa shape index (κ3) is 3.90. The normalized spacial score (nSPS) is 10.3. The van der Waals surface area contributed by atoms with Crippen LogP contribution in [-0.2, 0) is 11.2 Å². The Bertz CT molecular complexity index is 626. The number of carbonyl (C=O) groups is 1. The Hall–Kier alpha value is -1.68. The van der Waals surface area contributed by atoms with Crippen LogP contribution >= 0.6 is 15.9 Å². The summed E-state index contributed by atoms with van der Waals surface area (Å²) in [5.74, 6) is 0.0809. The van der Waals surface area contributed by atoms with Gasteiger partial charge >= 0.3 is 0 Å². The average molecular weight is 337 g/mol. The summed E-state index contributed by atoms with van der Waals surface area (Å²) in [7, 11) is 0. The number of ether oxygens (including phenoxy) is 1. The molecule has 0 aromatic heterocycles. The summed E-state index contributed by atoms with van der Waals surface area (Å²) in [6, 6.07) is 11.9. The molecule has 0 heterocycles. The van der Waals surface area contributed by atoms with Gasteiger partial charge in [0.05, 0.1) is 4.47 Å². The number of carbonyl (C=O) groups excluding carboxylic acids is 1. The molecule has 0 radical (unpaired) electrons. The van der Waals surface area contributed by atoms with E-state index < -0.39 is 0 Å². The molecule has 0 amide bonds. The molecule has 2 rings (SSSR count). The van der Waals surface area contributed by atoms with Crippen LogP contribution in [0.1, 0.15) is 11.1 Å². The molecule has 20 heavy (non-hydrogen) atoms. The van der Waals surface area contributed by atoms with Crippen molar-refractivity contribution in [2.24, 2.45) is 0 Å². The number of ketones is 1. The molecule has 0 atom stereocenters. The van der Waals surface area contributed by atoms with Gasteiger partial charge in [0.2, 0.25) is 0 Å². The van der Waals surface area contributed by atoms with E-state index >= 15 is 0 Å². The van der Waals surface area contributed by atoms with Gasteiger partial charge in [-0.1, -0.05) is 24.3 Å². The average Bonchev–Trinajstić information content (AvgIpc) is 2.40. The molecule has 2 aromatic rings. The molecular weight excluding hydrogens is 323 g/mol. The second kappa shape index (κ2) is 6.66. The predicted octanol–water partition coefficient (Wildman–Crippen LogP) is 4.09. The fourth-order valence-electron chi connectivity index (χ4n) is 1.79. The molecule has 0 aliphatic heterocycles. The molecule has 2 nitrogen and oxygen atoms in total. The Morgan fingerprint density at radius 3 is 2.70 bits per heavy atom. The maximum atomic E-state index is 13.4. The Labute approximate surface area is 125 Å². The second-order valence-electron chi connectivity index (χ2n) is 4.53. The Morgan fingerprint density at radius 1 is 1.25 bits per heavy atom. The van der Waals surface area contributed by atoms with E-state index in [1.807, 2.05) is 19.1 Å². The summed E-state index contributed by atoms with van der Waals surface area (Å²) in [6.07, 6.45) is 0.0379.